The van der Waals surface area contributed by atoms with Crippen LogP contribution in [0.4, 0.5) is 0 Å². The third kappa shape index (κ3) is 5.86. The van der Waals surface area contributed by atoms with Gasteiger partial charge in [-0.3, -0.25) is 0 Å². The van der Waals surface area contributed by atoms with Gasteiger partial charge < -0.3 is 0 Å². The molecule has 0 nitrogen and oxygen atoms in total. The monoisotopic (exact) mass is 344 g/mol. The highest BCUT2D eigenvalue weighted by Crippen LogP contribution is 2.46. The molecule has 0 radical (unpaired) electrons. The van der Waals surface area contributed by atoms with E-state index < -0.39 is 0 Å². The van der Waals surface area contributed by atoms with E-state index in [4.69, 9.17) is 0 Å². The molecule has 0 atom stereocenters. The first-order valence-electron chi connectivity index (χ1n) is 11.9. The van der Waals surface area contributed by atoms with Gasteiger partial charge in [-0.25, -0.2) is 0 Å². The number of rotatable bonds is 6. The summed E-state index contributed by atoms with van der Waals surface area (Å²) in [4.78, 5) is 0. The van der Waals surface area contributed by atoms with Crippen molar-refractivity contribution < 1.29 is 0 Å². The summed E-state index contributed by atoms with van der Waals surface area (Å²) in [7, 11) is 0. The molecule has 0 N–H and O–H groups in total. The molecule has 3 aliphatic carbocycles. The van der Waals surface area contributed by atoms with Gasteiger partial charge in [0.1, 0.15) is 0 Å². The van der Waals surface area contributed by atoms with Gasteiger partial charge >= 0.3 is 0 Å². The maximum absolute atomic E-state index is 2.46. The van der Waals surface area contributed by atoms with E-state index in [0.29, 0.717) is 0 Å². The lowest BCUT2D eigenvalue weighted by molar-refractivity contribution is 0.105. The summed E-state index contributed by atoms with van der Waals surface area (Å²) < 4.78 is 0. The molecule has 3 fully saturated rings. The zero-order valence-corrected chi connectivity index (χ0v) is 17.2. The second-order valence-electron chi connectivity index (χ2n) is 9.98. The summed E-state index contributed by atoms with van der Waals surface area (Å²) in [6.45, 7) is 4.61. The van der Waals surface area contributed by atoms with E-state index in [2.05, 4.69) is 26.0 Å². The summed E-state index contributed by atoms with van der Waals surface area (Å²) in [6, 6.07) is 0. The van der Waals surface area contributed by atoms with Crippen LogP contribution >= 0.6 is 0 Å². The summed E-state index contributed by atoms with van der Waals surface area (Å²) in [5.74, 6) is 6.47. The van der Waals surface area contributed by atoms with Gasteiger partial charge in [-0.05, 0) is 107 Å². The van der Waals surface area contributed by atoms with Crippen LogP contribution in [0.3, 0.4) is 0 Å². The van der Waals surface area contributed by atoms with Gasteiger partial charge in [0.25, 0.3) is 0 Å². The van der Waals surface area contributed by atoms with Crippen molar-refractivity contribution in [3.05, 3.63) is 12.2 Å². The zero-order valence-electron chi connectivity index (χ0n) is 17.2. The van der Waals surface area contributed by atoms with Crippen LogP contribution in [-0.4, -0.2) is 0 Å². The summed E-state index contributed by atoms with van der Waals surface area (Å²) >= 11 is 0. The van der Waals surface area contributed by atoms with Gasteiger partial charge in [0, 0.05) is 0 Å². The molecular formula is C25H44. The molecule has 0 spiro atoms. The minimum Gasteiger partial charge on any atom is -0.0917 e. The van der Waals surface area contributed by atoms with Crippen molar-refractivity contribution >= 4 is 0 Å². The molecule has 0 bridgehead atoms. The van der Waals surface area contributed by atoms with Crippen molar-refractivity contribution in [2.45, 2.75) is 110 Å². The first-order valence-corrected chi connectivity index (χ1v) is 11.9. The predicted octanol–water partition coefficient (Wildman–Crippen LogP) is 8.17. The number of allylic oxidation sites excluding steroid dienone is 2. The van der Waals surface area contributed by atoms with Crippen molar-refractivity contribution in [3.63, 3.8) is 0 Å². The van der Waals surface area contributed by atoms with Gasteiger partial charge in [0.05, 0.1) is 0 Å². The molecule has 0 aromatic carbocycles. The van der Waals surface area contributed by atoms with Gasteiger partial charge in [-0.15, -0.1) is 0 Å². The lowest BCUT2D eigenvalue weighted by Gasteiger charge is -2.41. The lowest BCUT2D eigenvalue weighted by Crippen LogP contribution is -2.29. The predicted molar refractivity (Wildman–Crippen MR) is 111 cm³/mol. The van der Waals surface area contributed by atoms with E-state index >= 15 is 0 Å². The number of hydrogen-bond donors (Lipinski definition) is 0. The average Bonchev–Trinajstić information content (AvgIpc) is 2.67. The Morgan fingerprint density at radius 1 is 0.640 bits per heavy atom. The molecule has 0 amide bonds. The molecule has 0 heteroatoms. The third-order valence-corrected chi connectivity index (χ3v) is 8.32. The topological polar surface area (TPSA) is 0 Å². The Morgan fingerprint density at radius 3 is 1.56 bits per heavy atom. The van der Waals surface area contributed by atoms with Crippen molar-refractivity contribution in [3.8, 4) is 0 Å². The highest BCUT2D eigenvalue weighted by Gasteiger charge is 2.34. The second kappa shape index (κ2) is 10.2. The van der Waals surface area contributed by atoms with Gasteiger partial charge in [0.15, 0.2) is 0 Å². The van der Waals surface area contributed by atoms with Crippen molar-refractivity contribution in [1.29, 1.82) is 0 Å². The molecule has 25 heavy (non-hydrogen) atoms. The Morgan fingerprint density at radius 2 is 1.08 bits per heavy atom. The molecule has 0 unspecified atom stereocenters. The van der Waals surface area contributed by atoms with Gasteiger partial charge in [0.2, 0.25) is 0 Å². The highest BCUT2D eigenvalue weighted by molar-refractivity contribution is 4.85. The number of hydrogen-bond acceptors (Lipinski definition) is 0. The zero-order chi connectivity index (χ0) is 17.5. The van der Waals surface area contributed by atoms with Crippen LogP contribution in [0.25, 0.3) is 0 Å². The maximum atomic E-state index is 2.46. The molecule has 0 aromatic rings. The van der Waals surface area contributed by atoms with Crippen LogP contribution in [0.5, 0.6) is 0 Å². The molecule has 3 saturated carbocycles. The lowest BCUT2D eigenvalue weighted by atomic mass is 9.65. The van der Waals surface area contributed by atoms with Crippen LogP contribution < -0.4 is 0 Å². The van der Waals surface area contributed by atoms with Gasteiger partial charge in [-0.1, -0.05) is 51.2 Å². The fourth-order valence-electron chi connectivity index (χ4n) is 6.48. The van der Waals surface area contributed by atoms with Crippen molar-refractivity contribution in [2.75, 3.05) is 0 Å². The highest BCUT2D eigenvalue weighted by atomic mass is 14.4. The Hall–Kier alpha value is -0.260. The Labute approximate surface area is 158 Å². The molecule has 0 aliphatic heterocycles. The smallest absolute Gasteiger partial charge is 0.0351 e. The molecule has 0 heterocycles. The van der Waals surface area contributed by atoms with Crippen LogP contribution in [0.1, 0.15) is 110 Å². The molecule has 0 saturated heterocycles. The first-order chi connectivity index (χ1) is 12.3. The summed E-state index contributed by atoms with van der Waals surface area (Å²) in [6.07, 6.45) is 27.4. The van der Waals surface area contributed by atoms with E-state index in [-0.39, 0.29) is 0 Å². The van der Waals surface area contributed by atoms with Crippen molar-refractivity contribution in [1.82, 2.24) is 0 Å². The largest absolute Gasteiger partial charge is 0.0917 e. The third-order valence-electron chi connectivity index (χ3n) is 8.32. The van der Waals surface area contributed by atoms with E-state index in [9.17, 15) is 0 Å². The fraction of sp³-hybridized carbons (Fsp3) is 0.920. The molecule has 3 rings (SSSR count). The Balaban J connectivity index is 1.32. The molecule has 0 aromatic heterocycles. The molecule has 3 aliphatic rings. The standard InChI is InChI=1S/C25H44/c1-3-4-5-6-7-21-10-14-23(15-11-21)25-18-16-24(17-19-25)22-12-8-20(2)9-13-22/h3-4,20-25H,5-19H2,1-2H3/b4-3+. The van der Waals surface area contributed by atoms with Crippen LogP contribution in [-0.2, 0) is 0 Å². The SMILES string of the molecule is C/C=C/CCCC1CCC(C2CCC(C3CCC(C)CC3)CC2)CC1. The first kappa shape index (κ1) is 19.5. The van der Waals surface area contributed by atoms with Crippen LogP contribution in [0.15, 0.2) is 12.2 Å². The fourth-order valence-corrected chi connectivity index (χ4v) is 6.48. The van der Waals surface area contributed by atoms with E-state index in [1.165, 1.54) is 32.1 Å². The normalized spacial score (nSPS) is 40.4. The average molecular weight is 345 g/mol. The minimum atomic E-state index is 1.01. The second-order valence-corrected chi connectivity index (χ2v) is 9.98. The Bertz CT molecular complexity index is 371. The van der Waals surface area contributed by atoms with Crippen molar-refractivity contribution in [2.24, 2.45) is 35.5 Å². The molecule has 144 valence electrons. The summed E-state index contributed by atoms with van der Waals surface area (Å²) in [5, 5.41) is 0. The minimum absolute atomic E-state index is 1.01. The van der Waals surface area contributed by atoms with Crippen LogP contribution in [0, 0.1) is 35.5 Å². The van der Waals surface area contributed by atoms with Crippen LogP contribution in [0.2, 0.25) is 0 Å². The maximum Gasteiger partial charge on any atom is -0.0351 e. The summed E-state index contributed by atoms with van der Waals surface area (Å²) in [5.41, 5.74) is 0. The number of unbranched alkanes of at least 4 members (excludes halogenated alkanes) is 1. The quantitative estimate of drug-likeness (QED) is 0.336. The van der Waals surface area contributed by atoms with E-state index in [0.717, 1.165) is 35.5 Å². The van der Waals surface area contributed by atoms with Gasteiger partial charge in [-0.2, -0.15) is 0 Å². The Kier molecular flexibility index (Phi) is 7.93. The van der Waals surface area contributed by atoms with E-state index in [1.54, 1.807) is 64.2 Å². The van der Waals surface area contributed by atoms with E-state index in [1.807, 2.05) is 0 Å². The molecular weight excluding hydrogens is 300 g/mol.